The van der Waals surface area contributed by atoms with Crippen molar-refractivity contribution in [2.45, 2.75) is 32.2 Å². The number of hydrogen-bond donors (Lipinski definition) is 1. The zero-order valence-corrected chi connectivity index (χ0v) is 12.9. The van der Waals surface area contributed by atoms with Crippen LogP contribution in [0.4, 0.5) is 0 Å². The van der Waals surface area contributed by atoms with Crippen LogP contribution in [0.5, 0.6) is 0 Å². The van der Waals surface area contributed by atoms with E-state index in [1.54, 1.807) is 11.2 Å². The van der Waals surface area contributed by atoms with Crippen molar-refractivity contribution in [3.05, 3.63) is 35.9 Å². The van der Waals surface area contributed by atoms with Crippen molar-refractivity contribution in [2.24, 2.45) is 0 Å². The second kappa shape index (κ2) is 7.20. The predicted octanol–water partition coefficient (Wildman–Crippen LogP) is 1.63. The molecule has 1 aliphatic heterocycles. The van der Waals surface area contributed by atoms with E-state index in [0.717, 1.165) is 25.8 Å². The Morgan fingerprint density at radius 2 is 1.85 bits per heavy atom. The van der Waals surface area contributed by atoms with E-state index >= 15 is 0 Å². The van der Waals surface area contributed by atoms with Crippen LogP contribution >= 0.6 is 0 Å². The van der Waals surface area contributed by atoms with E-state index in [1.807, 2.05) is 6.07 Å². The predicted molar refractivity (Wildman–Crippen MR) is 82.2 cm³/mol. The van der Waals surface area contributed by atoms with Gasteiger partial charge in [0.2, 0.25) is 10.0 Å². The maximum Gasteiger partial charge on any atom is 0.213 e. The van der Waals surface area contributed by atoms with Gasteiger partial charge in [0.05, 0.1) is 5.75 Å². The fourth-order valence-electron chi connectivity index (χ4n) is 2.59. The first-order valence-electron chi connectivity index (χ1n) is 7.37. The summed E-state index contributed by atoms with van der Waals surface area (Å²) in [6, 6.07) is 10.9. The van der Waals surface area contributed by atoms with Gasteiger partial charge in [0.1, 0.15) is 0 Å². The van der Waals surface area contributed by atoms with Crippen LogP contribution in [0, 0.1) is 0 Å². The summed E-state index contributed by atoms with van der Waals surface area (Å²) in [4.78, 5) is 0. The maximum atomic E-state index is 11.8. The van der Waals surface area contributed by atoms with Gasteiger partial charge in [0.25, 0.3) is 0 Å². The van der Waals surface area contributed by atoms with E-state index in [1.165, 1.54) is 5.56 Å². The Hall–Kier alpha value is -0.910. The lowest BCUT2D eigenvalue weighted by Gasteiger charge is -2.31. The minimum Gasteiger partial charge on any atom is -0.314 e. The third-order valence-corrected chi connectivity index (χ3v) is 5.78. The first kappa shape index (κ1) is 15.5. The lowest BCUT2D eigenvalue weighted by Crippen LogP contribution is -2.45. The molecule has 112 valence electrons. The van der Waals surface area contributed by atoms with Crippen LogP contribution in [0.25, 0.3) is 0 Å². The van der Waals surface area contributed by atoms with Crippen LogP contribution in [-0.4, -0.2) is 44.2 Å². The average molecular weight is 296 g/mol. The molecule has 0 aliphatic carbocycles. The van der Waals surface area contributed by atoms with E-state index in [2.05, 4.69) is 29.6 Å². The van der Waals surface area contributed by atoms with Crippen LogP contribution in [0.1, 0.15) is 25.3 Å². The molecule has 0 radical (unpaired) electrons. The van der Waals surface area contributed by atoms with Crippen LogP contribution < -0.4 is 5.32 Å². The van der Waals surface area contributed by atoms with Crippen LogP contribution in [0.15, 0.2) is 30.3 Å². The molecule has 5 heteroatoms. The van der Waals surface area contributed by atoms with Crippen molar-refractivity contribution in [1.82, 2.24) is 9.62 Å². The van der Waals surface area contributed by atoms with Crippen molar-refractivity contribution >= 4 is 10.0 Å². The van der Waals surface area contributed by atoms with Crippen LogP contribution in [0.3, 0.4) is 0 Å². The molecule has 1 fully saturated rings. The number of hydrogen-bond acceptors (Lipinski definition) is 3. The number of nitrogens with one attached hydrogen (secondary N) is 1. The van der Waals surface area contributed by atoms with Gasteiger partial charge in [0.15, 0.2) is 0 Å². The molecule has 1 heterocycles. The number of benzene rings is 1. The van der Waals surface area contributed by atoms with Crippen molar-refractivity contribution in [2.75, 3.05) is 25.4 Å². The molecule has 0 bridgehead atoms. The fourth-order valence-corrected chi connectivity index (χ4v) is 3.72. The minimum absolute atomic E-state index is 0.207. The Morgan fingerprint density at radius 1 is 1.20 bits per heavy atom. The van der Waals surface area contributed by atoms with Crippen LogP contribution in [-0.2, 0) is 16.4 Å². The van der Waals surface area contributed by atoms with Crippen LogP contribution in [0.2, 0.25) is 0 Å². The van der Waals surface area contributed by atoms with Crippen molar-refractivity contribution < 1.29 is 8.42 Å². The van der Waals surface area contributed by atoms with E-state index < -0.39 is 10.0 Å². The number of nitrogens with zero attached hydrogens (tertiary/aromatic N) is 1. The fraction of sp³-hybridized carbons (Fsp3) is 0.600. The average Bonchev–Trinajstić information content (AvgIpc) is 2.49. The zero-order valence-electron chi connectivity index (χ0n) is 12.1. The third kappa shape index (κ3) is 4.30. The van der Waals surface area contributed by atoms with Gasteiger partial charge in [0, 0.05) is 19.1 Å². The Bertz CT molecular complexity index is 494. The minimum atomic E-state index is -3.00. The van der Waals surface area contributed by atoms with Crippen molar-refractivity contribution in [3.63, 3.8) is 0 Å². The maximum absolute atomic E-state index is 11.8. The number of sulfonamides is 1. The molecule has 1 aromatic carbocycles. The molecule has 4 nitrogen and oxygen atoms in total. The Labute approximate surface area is 122 Å². The molecular formula is C15H24N2O2S. The lowest BCUT2D eigenvalue weighted by molar-refractivity contribution is 0.291. The smallest absolute Gasteiger partial charge is 0.213 e. The summed E-state index contributed by atoms with van der Waals surface area (Å²) in [6.07, 6.45) is 2.84. The van der Waals surface area contributed by atoms with Gasteiger partial charge in [-0.25, -0.2) is 12.7 Å². The molecule has 1 saturated heterocycles. The van der Waals surface area contributed by atoms with Crippen molar-refractivity contribution in [3.8, 4) is 0 Å². The van der Waals surface area contributed by atoms with Gasteiger partial charge in [-0.15, -0.1) is 0 Å². The summed E-state index contributed by atoms with van der Waals surface area (Å²) in [5.41, 5.74) is 1.34. The Balaban J connectivity index is 1.70. The summed E-state index contributed by atoms with van der Waals surface area (Å²) >= 11 is 0. The quantitative estimate of drug-likeness (QED) is 0.868. The van der Waals surface area contributed by atoms with Gasteiger partial charge in [-0.3, -0.25) is 0 Å². The SMILES string of the molecule is CCS(=O)(=O)N1CCC(NCCc2ccccc2)CC1. The van der Waals surface area contributed by atoms with Gasteiger partial charge in [-0.05, 0) is 38.3 Å². The van der Waals surface area contributed by atoms with Gasteiger partial charge in [-0.1, -0.05) is 30.3 Å². The molecular weight excluding hydrogens is 272 g/mol. The highest BCUT2D eigenvalue weighted by Crippen LogP contribution is 2.14. The largest absolute Gasteiger partial charge is 0.314 e. The second-order valence-electron chi connectivity index (χ2n) is 5.26. The molecule has 0 unspecified atom stereocenters. The van der Waals surface area contributed by atoms with Gasteiger partial charge < -0.3 is 5.32 Å². The van der Waals surface area contributed by atoms with E-state index in [9.17, 15) is 8.42 Å². The molecule has 1 N–H and O–H groups in total. The lowest BCUT2D eigenvalue weighted by atomic mass is 10.1. The topological polar surface area (TPSA) is 49.4 Å². The Kier molecular flexibility index (Phi) is 5.57. The molecule has 2 rings (SSSR count). The molecule has 0 amide bonds. The summed E-state index contributed by atoms with van der Waals surface area (Å²) in [7, 11) is -3.00. The first-order valence-corrected chi connectivity index (χ1v) is 8.98. The highest BCUT2D eigenvalue weighted by atomic mass is 32.2. The summed E-state index contributed by atoms with van der Waals surface area (Å²) in [5.74, 6) is 0.207. The summed E-state index contributed by atoms with van der Waals surface area (Å²) < 4.78 is 25.2. The second-order valence-corrected chi connectivity index (χ2v) is 7.52. The molecule has 20 heavy (non-hydrogen) atoms. The standard InChI is InChI=1S/C15H24N2O2S/c1-2-20(18,19)17-12-9-15(10-13-17)16-11-8-14-6-4-3-5-7-14/h3-7,15-16H,2,8-13H2,1H3. The monoisotopic (exact) mass is 296 g/mol. The molecule has 1 aromatic rings. The highest BCUT2D eigenvalue weighted by molar-refractivity contribution is 7.89. The highest BCUT2D eigenvalue weighted by Gasteiger charge is 2.26. The normalized spacial score (nSPS) is 18.2. The van der Waals surface area contributed by atoms with E-state index in [4.69, 9.17) is 0 Å². The molecule has 0 saturated carbocycles. The molecule has 0 aromatic heterocycles. The van der Waals surface area contributed by atoms with Gasteiger partial charge in [-0.2, -0.15) is 0 Å². The van der Waals surface area contributed by atoms with E-state index in [-0.39, 0.29) is 5.75 Å². The summed E-state index contributed by atoms with van der Waals surface area (Å²) in [5, 5.41) is 3.54. The molecule has 0 spiro atoms. The number of piperidine rings is 1. The number of rotatable bonds is 6. The summed E-state index contributed by atoms with van der Waals surface area (Å²) in [6.45, 7) is 3.97. The zero-order chi connectivity index (χ0) is 14.4. The Morgan fingerprint density at radius 3 is 2.45 bits per heavy atom. The molecule has 0 atom stereocenters. The first-order chi connectivity index (χ1) is 9.62. The third-order valence-electron chi connectivity index (χ3n) is 3.90. The van der Waals surface area contributed by atoms with Gasteiger partial charge >= 0.3 is 0 Å². The molecule has 1 aliphatic rings. The van der Waals surface area contributed by atoms with Crippen molar-refractivity contribution in [1.29, 1.82) is 0 Å². The van der Waals surface area contributed by atoms with E-state index in [0.29, 0.717) is 19.1 Å².